The summed E-state index contributed by atoms with van der Waals surface area (Å²) < 4.78 is 0. The molecule has 9 heavy (non-hydrogen) atoms. The molecule has 0 atom stereocenters. The number of nitrogens with two attached hydrogens (primary N) is 1. The third-order valence-electron chi connectivity index (χ3n) is 1.73. The van der Waals surface area contributed by atoms with Crippen LogP contribution in [0.5, 0.6) is 0 Å². The van der Waals surface area contributed by atoms with Crippen LogP contribution in [0.15, 0.2) is 12.2 Å². The Hall–Kier alpha value is -0.340. The maximum Gasteiger partial charge on any atom is 0.0165 e. The Kier molecular flexibility index (Phi) is 2.25. The third kappa shape index (κ3) is 2.16. The minimum Gasteiger partial charge on any atom is -0.269 e. The van der Waals surface area contributed by atoms with Crippen molar-refractivity contribution in [1.82, 2.24) is 5.01 Å². The molecule has 0 spiro atoms. The van der Waals surface area contributed by atoms with Crippen molar-refractivity contribution >= 4 is 0 Å². The minimum atomic E-state index is 0.985. The Morgan fingerprint density at radius 1 is 1.33 bits per heavy atom. The van der Waals surface area contributed by atoms with E-state index in [4.69, 9.17) is 5.84 Å². The summed E-state index contributed by atoms with van der Waals surface area (Å²) in [5.41, 5.74) is 1.35. The number of hydrogen-bond donors (Lipinski definition) is 1. The van der Waals surface area contributed by atoms with Crippen molar-refractivity contribution in [1.29, 1.82) is 0 Å². The number of hydrogen-bond acceptors (Lipinski definition) is 2. The third-order valence-corrected chi connectivity index (χ3v) is 1.73. The Balaban J connectivity index is 2.34. The summed E-state index contributed by atoms with van der Waals surface area (Å²) >= 11 is 0. The van der Waals surface area contributed by atoms with Crippen molar-refractivity contribution in [2.45, 2.75) is 19.3 Å². The number of hydrazine groups is 1. The van der Waals surface area contributed by atoms with Gasteiger partial charge in [-0.25, -0.2) is 5.01 Å². The van der Waals surface area contributed by atoms with Gasteiger partial charge >= 0.3 is 0 Å². The van der Waals surface area contributed by atoms with Gasteiger partial charge in [-0.05, 0) is 19.3 Å². The maximum atomic E-state index is 5.59. The molecule has 0 aromatic heterocycles. The van der Waals surface area contributed by atoms with E-state index in [9.17, 15) is 0 Å². The molecule has 0 bridgehead atoms. The lowest BCUT2D eigenvalue weighted by molar-refractivity contribution is 0.298. The van der Waals surface area contributed by atoms with Gasteiger partial charge in [-0.3, -0.25) is 5.84 Å². The van der Waals surface area contributed by atoms with Crippen LogP contribution in [0.2, 0.25) is 0 Å². The molecule has 2 nitrogen and oxygen atoms in total. The van der Waals surface area contributed by atoms with Crippen LogP contribution in [0.4, 0.5) is 0 Å². The quantitative estimate of drug-likeness (QED) is 0.386. The van der Waals surface area contributed by atoms with Gasteiger partial charge in [0, 0.05) is 13.1 Å². The predicted molar refractivity (Wildman–Crippen MR) is 38.8 cm³/mol. The van der Waals surface area contributed by atoms with E-state index in [-0.39, 0.29) is 0 Å². The average Bonchev–Trinajstić information content (AvgIpc) is 1.97. The van der Waals surface area contributed by atoms with E-state index in [1.165, 1.54) is 12.0 Å². The second-order valence-corrected chi connectivity index (χ2v) is 2.64. The lowest BCUT2D eigenvalue weighted by Crippen LogP contribution is -2.31. The Morgan fingerprint density at radius 3 is 2.89 bits per heavy atom. The normalized spacial score (nSPS) is 23.9. The monoisotopic (exact) mass is 126 g/mol. The average molecular weight is 126 g/mol. The second-order valence-electron chi connectivity index (χ2n) is 2.64. The molecule has 1 aliphatic heterocycles. The van der Waals surface area contributed by atoms with Crippen molar-refractivity contribution < 1.29 is 0 Å². The summed E-state index contributed by atoms with van der Waals surface area (Å²) in [6.45, 7) is 5.94. The lowest BCUT2D eigenvalue weighted by Gasteiger charge is -2.10. The summed E-state index contributed by atoms with van der Waals surface area (Å²) in [5.74, 6) is 5.59. The van der Waals surface area contributed by atoms with Gasteiger partial charge in [0.05, 0.1) is 0 Å². The minimum absolute atomic E-state index is 0.985. The van der Waals surface area contributed by atoms with Crippen molar-refractivity contribution in [3.05, 3.63) is 12.2 Å². The summed E-state index contributed by atoms with van der Waals surface area (Å²) in [6, 6.07) is 0. The van der Waals surface area contributed by atoms with Crippen LogP contribution < -0.4 is 5.84 Å². The zero-order valence-electron chi connectivity index (χ0n) is 5.77. The van der Waals surface area contributed by atoms with Crippen LogP contribution in [-0.4, -0.2) is 18.1 Å². The van der Waals surface area contributed by atoms with Gasteiger partial charge in [-0.1, -0.05) is 12.2 Å². The van der Waals surface area contributed by atoms with E-state index < -0.39 is 0 Å². The van der Waals surface area contributed by atoms with Crippen LogP contribution in [0.1, 0.15) is 19.3 Å². The van der Waals surface area contributed by atoms with Crippen molar-refractivity contribution in [2.75, 3.05) is 13.1 Å². The van der Waals surface area contributed by atoms with Crippen LogP contribution in [0.25, 0.3) is 0 Å². The fourth-order valence-corrected chi connectivity index (χ4v) is 1.07. The molecule has 1 saturated heterocycles. The first kappa shape index (κ1) is 6.78. The van der Waals surface area contributed by atoms with E-state index in [0.29, 0.717) is 0 Å². The molecule has 1 heterocycles. The van der Waals surface area contributed by atoms with Crippen LogP contribution in [-0.2, 0) is 0 Å². The molecule has 1 fully saturated rings. The van der Waals surface area contributed by atoms with E-state index in [2.05, 4.69) is 6.58 Å². The smallest absolute Gasteiger partial charge is 0.0165 e. The summed E-state index contributed by atoms with van der Waals surface area (Å²) in [6.07, 6.45) is 3.42. The topological polar surface area (TPSA) is 29.3 Å². The maximum absolute atomic E-state index is 5.59. The fraction of sp³-hybridized carbons (Fsp3) is 0.714. The van der Waals surface area contributed by atoms with Crippen LogP contribution >= 0.6 is 0 Å². The largest absolute Gasteiger partial charge is 0.269 e. The molecular formula is C7H14N2. The molecule has 2 heteroatoms. The standard InChI is InChI=1S/C7H14N2/c1-7-3-2-5-9(8)6-4-7/h1-6,8H2. The Morgan fingerprint density at radius 2 is 2.11 bits per heavy atom. The van der Waals surface area contributed by atoms with Gasteiger partial charge in [0.1, 0.15) is 0 Å². The van der Waals surface area contributed by atoms with Crippen molar-refractivity contribution in [3.63, 3.8) is 0 Å². The van der Waals surface area contributed by atoms with Crippen molar-refractivity contribution in [3.8, 4) is 0 Å². The molecule has 2 N–H and O–H groups in total. The highest BCUT2D eigenvalue weighted by atomic mass is 15.4. The molecule has 0 radical (unpaired) electrons. The van der Waals surface area contributed by atoms with Crippen LogP contribution in [0, 0.1) is 0 Å². The van der Waals surface area contributed by atoms with E-state index in [1.54, 1.807) is 0 Å². The van der Waals surface area contributed by atoms with Gasteiger partial charge in [0.25, 0.3) is 0 Å². The molecule has 0 aromatic rings. The van der Waals surface area contributed by atoms with E-state index >= 15 is 0 Å². The molecule has 0 amide bonds. The molecule has 52 valence electrons. The molecule has 0 aliphatic carbocycles. The molecule has 1 aliphatic rings. The molecule has 0 saturated carbocycles. The summed E-state index contributed by atoms with van der Waals surface area (Å²) in [7, 11) is 0. The van der Waals surface area contributed by atoms with Gasteiger partial charge < -0.3 is 0 Å². The van der Waals surface area contributed by atoms with E-state index in [0.717, 1.165) is 25.9 Å². The first-order chi connectivity index (χ1) is 4.29. The lowest BCUT2D eigenvalue weighted by atomic mass is 10.1. The van der Waals surface area contributed by atoms with Gasteiger partial charge in [-0.15, -0.1) is 0 Å². The van der Waals surface area contributed by atoms with Crippen LogP contribution in [0.3, 0.4) is 0 Å². The first-order valence-corrected chi connectivity index (χ1v) is 3.45. The first-order valence-electron chi connectivity index (χ1n) is 3.45. The highest BCUT2D eigenvalue weighted by Gasteiger charge is 2.05. The van der Waals surface area contributed by atoms with Gasteiger partial charge in [0.15, 0.2) is 0 Å². The number of nitrogens with zero attached hydrogens (tertiary/aromatic N) is 1. The predicted octanol–water partition coefficient (Wildman–Crippen LogP) is 0.902. The summed E-state index contributed by atoms with van der Waals surface area (Å²) in [4.78, 5) is 0. The van der Waals surface area contributed by atoms with E-state index in [1.807, 2.05) is 5.01 Å². The highest BCUT2D eigenvalue weighted by Crippen LogP contribution is 2.11. The molecule has 0 aromatic carbocycles. The zero-order valence-corrected chi connectivity index (χ0v) is 5.77. The zero-order chi connectivity index (χ0) is 6.69. The molecular weight excluding hydrogens is 112 g/mol. The highest BCUT2D eigenvalue weighted by molar-refractivity contribution is 4.95. The second kappa shape index (κ2) is 2.99. The molecule has 0 unspecified atom stereocenters. The Labute approximate surface area is 56.3 Å². The van der Waals surface area contributed by atoms with Gasteiger partial charge in [0.2, 0.25) is 0 Å². The van der Waals surface area contributed by atoms with Gasteiger partial charge in [-0.2, -0.15) is 0 Å². The Bertz CT molecular complexity index is 109. The molecule has 1 rings (SSSR count). The number of rotatable bonds is 0. The fourth-order valence-electron chi connectivity index (χ4n) is 1.07. The SMILES string of the molecule is C=C1CCCN(N)CC1. The summed E-state index contributed by atoms with van der Waals surface area (Å²) in [5, 5.41) is 1.87. The van der Waals surface area contributed by atoms with Crippen molar-refractivity contribution in [2.24, 2.45) is 5.84 Å².